The highest BCUT2D eigenvalue weighted by molar-refractivity contribution is 5.88. The van der Waals surface area contributed by atoms with E-state index in [0.29, 0.717) is 17.5 Å². The number of benzene rings is 1. The van der Waals surface area contributed by atoms with Crippen molar-refractivity contribution >= 4 is 5.97 Å². The summed E-state index contributed by atoms with van der Waals surface area (Å²) in [6.07, 6.45) is 2.11. The Balaban J connectivity index is 3.26. The topological polar surface area (TPSA) is 83.6 Å². The SMILES string of the molecule is C=CC[C@H](N)c1cc(C(=O)O)cc(C)c1O. The molecule has 0 heterocycles. The average Bonchev–Trinajstić information content (AvgIpc) is 2.21. The van der Waals surface area contributed by atoms with Crippen molar-refractivity contribution < 1.29 is 15.0 Å². The van der Waals surface area contributed by atoms with Crippen molar-refractivity contribution in [1.29, 1.82) is 0 Å². The lowest BCUT2D eigenvalue weighted by Crippen LogP contribution is -2.11. The summed E-state index contributed by atoms with van der Waals surface area (Å²) in [5, 5.41) is 18.7. The van der Waals surface area contributed by atoms with Crippen molar-refractivity contribution in [2.24, 2.45) is 5.73 Å². The highest BCUT2D eigenvalue weighted by Gasteiger charge is 2.15. The van der Waals surface area contributed by atoms with Crippen molar-refractivity contribution in [3.63, 3.8) is 0 Å². The molecular formula is C12H15NO3. The van der Waals surface area contributed by atoms with Gasteiger partial charge in [0.15, 0.2) is 0 Å². The molecule has 0 bridgehead atoms. The summed E-state index contributed by atoms with van der Waals surface area (Å²) in [5.74, 6) is -0.977. The van der Waals surface area contributed by atoms with Crippen LogP contribution in [0.15, 0.2) is 24.8 Å². The Bertz CT molecular complexity index is 427. The number of phenols is 1. The van der Waals surface area contributed by atoms with Gasteiger partial charge in [0.25, 0.3) is 0 Å². The summed E-state index contributed by atoms with van der Waals surface area (Å²) >= 11 is 0. The number of carboxylic acid groups (broad SMARTS) is 1. The van der Waals surface area contributed by atoms with E-state index >= 15 is 0 Å². The van der Waals surface area contributed by atoms with E-state index < -0.39 is 12.0 Å². The minimum atomic E-state index is -1.03. The molecule has 1 rings (SSSR count). The van der Waals surface area contributed by atoms with E-state index in [4.69, 9.17) is 10.8 Å². The number of phenolic OH excluding ortho intramolecular Hbond substituents is 1. The number of aromatic carboxylic acids is 1. The standard InChI is InChI=1S/C12H15NO3/c1-3-4-10(13)9-6-8(12(15)16)5-7(2)11(9)14/h3,5-6,10,14H,1,4,13H2,2H3,(H,15,16)/t10-/m0/s1. The van der Waals surface area contributed by atoms with E-state index in [1.807, 2.05) is 0 Å². The number of rotatable bonds is 4. The van der Waals surface area contributed by atoms with Crippen LogP contribution in [0, 0.1) is 6.92 Å². The van der Waals surface area contributed by atoms with E-state index in [2.05, 4.69) is 6.58 Å². The average molecular weight is 221 g/mol. The zero-order chi connectivity index (χ0) is 12.3. The number of carbonyl (C=O) groups is 1. The number of aryl methyl sites for hydroxylation is 1. The molecule has 1 aromatic rings. The molecule has 0 aliphatic rings. The third-order valence-electron chi connectivity index (χ3n) is 2.40. The predicted molar refractivity (Wildman–Crippen MR) is 61.5 cm³/mol. The molecule has 4 nitrogen and oxygen atoms in total. The molecule has 0 fully saturated rings. The van der Waals surface area contributed by atoms with E-state index in [1.54, 1.807) is 13.0 Å². The lowest BCUT2D eigenvalue weighted by atomic mass is 9.98. The first-order valence-corrected chi connectivity index (χ1v) is 4.90. The molecule has 0 aliphatic carbocycles. The van der Waals surface area contributed by atoms with Gasteiger partial charge in [0, 0.05) is 11.6 Å². The number of nitrogens with two attached hydrogens (primary N) is 1. The van der Waals surface area contributed by atoms with Crippen LogP contribution in [-0.2, 0) is 0 Å². The third kappa shape index (κ3) is 2.41. The van der Waals surface area contributed by atoms with Gasteiger partial charge in [0.2, 0.25) is 0 Å². The smallest absolute Gasteiger partial charge is 0.335 e. The molecule has 1 aromatic carbocycles. The van der Waals surface area contributed by atoms with Crippen molar-refractivity contribution in [2.75, 3.05) is 0 Å². The summed E-state index contributed by atoms with van der Waals surface area (Å²) in [6, 6.07) is 2.39. The molecule has 0 amide bonds. The fourth-order valence-electron chi connectivity index (χ4n) is 1.52. The molecule has 86 valence electrons. The Morgan fingerprint density at radius 2 is 2.25 bits per heavy atom. The molecule has 0 saturated heterocycles. The minimum Gasteiger partial charge on any atom is -0.507 e. The number of carboxylic acids is 1. The summed E-state index contributed by atoms with van der Waals surface area (Å²) in [7, 11) is 0. The third-order valence-corrected chi connectivity index (χ3v) is 2.40. The van der Waals surface area contributed by atoms with Crippen molar-refractivity contribution in [3.05, 3.63) is 41.5 Å². The van der Waals surface area contributed by atoms with Crippen LogP contribution < -0.4 is 5.73 Å². The maximum absolute atomic E-state index is 10.9. The van der Waals surface area contributed by atoms with Crippen LogP contribution in [0.25, 0.3) is 0 Å². The highest BCUT2D eigenvalue weighted by Crippen LogP contribution is 2.29. The van der Waals surface area contributed by atoms with Gasteiger partial charge in [-0.1, -0.05) is 6.08 Å². The lowest BCUT2D eigenvalue weighted by Gasteiger charge is -2.14. The molecule has 0 aromatic heterocycles. The minimum absolute atomic E-state index is 0.0550. The van der Waals surface area contributed by atoms with E-state index in [0.717, 1.165) is 0 Å². The maximum Gasteiger partial charge on any atom is 0.335 e. The molecule has 4 N–H and O–H groups in total. The first kappa shape index (κ1) is 12.3. The van der Waals surface area contributed by atoms with Crippen LogP contribution in [0.5, 0.6) is 5.75 Å². The summed E-state index contributed by atoms with van der Waals surface area (Å²) < 4.78 is 0. The molecule has 0 aliphatic heterocycles. The molecular weight excluding hydrogens is 206 g/mol. The van der Waals surface area contributed by atoms with Gasteiger partial charge in [-0.2, -0.15) is 0 Å². The van der Waals surface area contributed by atoms with Crippen LogP contribution in [0.2, 0.25) is 0 Å². The molecule has 0 unspecified atom stereocenters. The highest BCUT2D eigenvalue weighted by atomic mass is 16.4. The maximum atomic E-state index is 10.9. The Labute approximate surface area is 94.0 Å². The Kier molecular flexibility index (Phi) is 3.68. The molecule has 1 atom stereocenters. The number of hydrogen-bond acceptors (Lipinski definition) is 3. The van der Waals surface area contributed by atoms with Gasteiger partial charge < -0.3 is 15.9 Å². The van der Waals surface area contributed by atoms with Gasteiger partial charge in [-0.05, 0) is 31.0 Å². The number of hydrogen-bond donors (Lipinski definition) is 3. The van der Waals surface area contributed by atoms with Crippen molar-refractivity contribution in [2.45, 2.75) is 19.4 Å². The van der Waals surface area contributed by atoms with Crippen LogP contribution in [-0.4, -0.2) is 16.2 Å². The van der Waals surface area contributed by atoms with Crippen LogP contribution in [0.4, 0.5) is 0 Å². The second-order valence-corrected chi connectivity index (χ2v) is 3.67. The molecule has 16 heavy (non-hydrogen) atoms. The number of aromatic hydroxyl groups is 1. The second-order valence-electron chi connectivity index (χ2n) is 3.67. The van der Waals surface area contributed by atoms with Crippen LogP contribution in [0.3, 0.4) is 0 Å². The zero-order valence-corrected chi connectivity index (χ0v) is 9.10. The normalized spacial score (nSPS) is 12.1. The van der Waals surface area contributed by atoms with Gasteiger partial charge in [-0.25, -0.2) is 4.79 Å². The fourth-order valence-corrected chi connectivity index (χ4v) is 1.52. The first-order chi connectivity index (χ1) is 7.47. The quantitative estimate of drug-likeness (QED) is 0.679. The van der Waals surface area contributed by atoms with Crippen LogP contribution in [0.1, 0.15) is 33.9 Å². The molecule has 4 heteroatoms. The zero-order valence-electron chi connectivity index (χ0n) is 9.10. The van der Waals surface area contributed by atoms with Gasteiger partial charge in [-0.3, -0.25) is 0 Å². The van der Waals surface area contributed by atoms with Gasteiger partial charge in [-0.15, -0.1) is 6.58 Å². The second kappa shape index (κ2) is 4.81. The lowest BCUT2D eigenvalue weighted by molar-refractivity contribution is 0.0696. The van der Waals surface area contributed by atoms with E-state index in [1.165, 1.54) is 12.1 Å². The van der Waals surface area contributed by atoms with Crippen LogP contribution >= 0.6 is 0 Å². The summed E-state index contributed by atoms with van der Waals surface area (Å²) in [5.41, 5.74) is 6.90. The molecule has 0 saturated carbocycles. The van der Waals surface area contributed by atoms with E-state index in [9.17, 15) is 9.90 Å². The Morgan fingerprint density at radius 3 is 2.75 bits per heavy atom. The van der Waals surface area contributed by atoms with Gasteiger partial charge >= 0.3 is 5.97 Å². The monoisotopic (exact) mass is 221 g/mol. The summed E-state index contributed by atoms with van der Waals surface area (Å²) in [6.45, 7) is 5.20. The van der Waals surface area contributed by atoms with E-state index in [-0.39, 0.29) is 11.3 Å². The van der Waals surface area contributed by atoms with Crippen molar-refractivity contribution in [3.8, 4) is 5.75 Å². The fraction of sp³-hybridized carbons (Fsp3) is 0.250. The van der Waals surface area contributed by atoms with Gasteiger partial charge in [0.05, 0.1) is 5.56 Å². The van der Waals surface area contributed by atoms with Gasteiger partial charge in [0.1, 0.15) is 5.75 Å². The first-order valence-electron chi connectivity index (χ1n) is 4.90. The molecule has 0 radical (unpaired) electrons. The van der Waals surface area contributed by atoms with Crippen molar-refractivity contribution in [1.82, 2.24) is 0 Å². The largest absolute Gasteiger partial charge is 0.507 e. The Hall–Kier alpha value is -1.81. The summed E-state index contributed by atoms with van der Waals surface area (Å²) in [4.78, 5) is 10.9. The predicted octanol–water partition coefficient (Wildman–Crippen LogP) is 1.97. The Morgan fingerprint density at radius 1 is 1.62 bits per heavy atom. The molecule has 0 spiro atoms.